The number of hydrogen-bond acceptors (Lipinski definition) is 6. The smallest absolute Gasteiger partial charge is 0.493 e. The minimum absolute atomic E-state index is 0.00557. The summed E-state index contributed by atoms with van der Waals surface area (Å²) in [6, 6.07) is 16.2. The zero-order valence-electron chi connectivity index (χ0n) is 17.9. The average molecular weight is 505 g/mol. The van der Waals surface area contributed by atoms with Gasteiger partial charge >= 0.3 is 11.2 Å². The van der Waals surface area contributed by atoms with E-state index in [1.165, 1.54) is 10.8 Å². The van der Waals surface area contributed by atoms with Crippen LogP contribution in [0.3, 0.4) is 0 Å². The normalized spacial score (nSPS) is 12.0. The summed E-state index contributed by atoms with van der Waals surface area (Å²) in [6.45, 7) is 0.346. The number of halogens is 3. The maximum atomic E-state index is 12.9. The molecule has 0 aliphatic carbocycles. The lowest BCUT2D eigenvalue weighted by Gasteiger charge is -2.09. The van der Waals surface area contributed by atoms with Crippen LogP contribution < -0.4 is 10.4 Å². The molecular formula is C23H18F3N3O5S. The first-order valence-corrected chi connectivity index (χ1v) is 11.6. The minimum Gasteiger partial charge on any atom is -0.493 e. The lowest BCUT2D eigenvalue weighted by atomic mass is 10.2. The van der Waals surface area contributed by atoms with E-state index in [0.717, 1.165) is 40.6 Å². The molecule has 0 aliphatic rings. The third-order valence-corrected chi connectivity index (χ3v) is 6.53. The number of alkyl halides is 3. The number of ether oxygens (including phenoxy) is 1. The van der Waals surface area contributed by atoms with Crippen molar-refractivity contribution in [2.24, 2.45) is 0 Å². The van der Waals surface area contributed by atoms with Gasteiger partial charge in [0.05, 0.1) is 23.3 Å². The highest BCUT2D eigenvalue weighted by Crippen LogP contribution is 2.30. The Balaban J connectivity index is 1.54. The van der Waals surface area contributed by atoms with E-state index in [1.54, 1.807) is 12.1 Å². The number of benzene rings is 2. The van der Waals surface area contributed by atoms with Gasteiger partial charge in [-0.05, 0) is 41.5 Å². The molecular weight excluding hydrogens is 487 g/mol. The van der Waals surface area contributed by atoms with Crippen molar-refractivity contribution in [1.29, 1.82) is 0 Å². The van der Waals surface area contributed by atoms with Gasteiger partial charge < -0.3 is 9.84 Å². The van der Waals surface area contributed by atoms with Crippen LogP contribution in [0.15, 0.2) is 88.8 Å². The van der Waals surface area contributed by atoms with E-state index in [1.807, 2.05) is 30.3 Å². The Morgan fingerprint density at radius 2 is 1.66 bits per heavy atom. The summed E-state index contributed by atoms with van der Waals surface area (Å²) in [6.07, 6.45) is 2.67. The Morgan fingerprint density at radius 3 is 2.31 bits per heavy atom. The lowest BCUT2D eigenvalue weighted by molar-refractivity contribution is -0.0436. The summed E-state index contributed by atoms with van der Waals surface area (Å²) in [5, 5.41) is 10.3. The van der Waals surface area contributed by atoms with Crippen molar-refractivity contribution in [3.05, 3.63) is 101 Å². The third kappa shape index (κ3) is 5.06. The number of imidazole rings is 1. The highest BCUT2D eigenvalue weighted by Gasteiger charge is 2.46. The zero-order valence-corrected chi connectivity index (χ0v) is 18.7. The molecule has 2 heterocycles. The van der Waals surface area contributed by atoms with Gasteiger partial charge in [0.15, 0.2) is 0 Å². The van der Waals surface area contributed by atoms with Crippen LogP contribution in [-0.4, -0.2) is 33.2 Å². The largest absolute Gasteiger partial charge is 0.501 e. The predicted octanol–water partition coefficient (Wildman–Crippen LogP) is 3.66. The molecule has 8 nitrogen and oxygen atoms in total. The van der Waals surface area contributed by atoms with Crippen molar-refractivity contribution in [2.45, 2.75) is 23.6 Å². The van der Waals surface area contributed by atoms with Gasteiger partial charge in [-0.2, -0.15) is 13.2 Å². The summed E-state index contributed by atoms with van der Waals surface area (Å²) in [5.74, 6) is -0.138. The second kappa shape index (κ2) is 9.29. The predicted molar refractivity (Wildman–Crippen MR) is 119 cm³/mol. The molecule has 0 spiro atoms. The van der Waals surface area contributed by atoms with Crippen LogP contribution in [0.25, 0.3) is 5.69 Å². The fraction of sp³-hybridized carbons (Fsp3) is 0.130. The molecule has 0 unspecified atom stereocenters. The number of rotatable bonds is 7. The number of aromatic nitrogens is 3. The second-order valence-corrected chi connectivity index (χ2v) is 9.39. The summed E-state index contributed by atoms with van der Waals surface area (Å²) in [4.78, 5) is 16.0. The first-order valence-electron chi connectivity index (χ1n) is 10.1. The summed E-state index contributed by atoms with van der Waals surface area (Å²) in [5.41, 5.74) is -4.54. The fourth-order valence-corrected chi connectivity index (χ4v) is 4.06. The van der Waals surface area contributed by atoms with Crippen LogP contribution in [0.1, 0.15) is 11.1 Å². The molecule has 35 heavy (non-hydrogen) atoms. The highest BCUT2D eigenvalue weighted by atomic mass is 32.2. The van der Waals surface area contributed by atoms with Gasteiger partial charge in [-0.25, -0.2) is 22.8 Å². The van der Waals surface area contributed by atoms with Crippen molar-refractivity contribution in [3.63, 3.8) is 0 Å². The van der Waals surface area contributed by atoms with Gasteiger partial charge in [0, 0.05) is 12.3 Å². The van der Waals surface area contributed by atoms with Crippen molar-refractivity contribution in [2.75, 3.05) is 0 Å². The SMILES string of the molecule is O=c1n(Cc2ccnc(OCc3ccccc3)c2)cc(O)n1-c1ccc(S(=O)(=O)C(F)(F)F)cc1. The standard InChI is InChI=1S/C23H18F3N3O5S/c24-23(25,26)35(32,33)19-8-6-18(7-9-19)29-21(30)14-28(22(29)31)13-17-10-11-27-20(12-17)34-15-16-4-2-1-3-5-16/h1-12,14,30H,13,15H2. The van der Waals surface area contributed by atoms with E-state index in [-0.39, 0.29) is 12.2 Å². The van der Waals surface area contributed by atoms with Gasteiger partial charge in [-0.3, -0.25) is 4.57 Å². The topological polar surface area (TPSA) is 103 Å². The maximum absolute atomic E-state index is 12.9. The van der Waals surface area contributed by atoms with Gasteiger partial charge in [0.25, 0.3) is 9.84 Å². The molecule has 4 rings (SSSR count). The van der Waals surface area contributed by atoms with Crippen LogP contribution in [-0.2, 0) is 23.0 Å². The quantitative estimate of drug-likeness (QED) is 0.411. The first-order chi connectivity index (χ1) is 16.6. The van der Waals surface area contributed by atoms with Crippen molar-refractivity contribution < 1.29 is 31.4 Å². The second-order valence-electron chi connectivity index (χ2n) is 7.45. The average Bonchev–Trinajstić information content (AvgIpc) is 3.10. The zero-order chi connectivity index (χ0) is 25.2. The number of hydrogen-bond donors (Lipinski definition) is 1. The maximum Gasteiger partial charge on any atom is 0.501 e. The molecule has 0 saturated carbocycles. The first kappa shape index (κ1) is 24.1. The Labute approximate surface area is 197 Å². The fourth-order valence-electron chi connectivity index (χ4n) is 3.30. The highest BCUT2D eigenvalue weighted by molar-refractivity contribution is 7.92. The summed E-state index contributed by atoms with van der Waals surface area (Å²) in [7, 11) is -5.53. The molecule has 2 aromatic heterocycles. The Morgan fingerprint density at radius 1 is 0.971 bits per heavy atom. The van der Waals surface area contributed by atoms with Crippen LogP contribution in [0.4, 0.5) is 13.2 Å². The number of aromatic hydroxyl groups is 1. The third-order valence-electron chi connectivity index (χ3n) is 5.03. The van der Waals surface area contributed by atoms with E-state index < -0.39 is 31.8 Å². The molecule has 0 atom stereocenters. The molecule has 182 valence electrons. The van der Waals surface area contributed by atoms with Crippen LogP contribution >= 0.6 is 0 Å². The molecule has 0 radical (unpaired) electrons. The van der Waals surface area contributed by atoms with Gasteiger partial charge in [0.2, 0.25) is 11.8 Å². The molecule has 4 aromatic rings. The molecule has 0 aliphatic heterocycles. The Bertz CT molecular complexity index is 1500. The van der Waals surface area contributed by atoms with Crippen molar-refractivity contribution >= 4 is 9.84 Å². The van der Waals surface area contributed by atoms with E-state index in [4.69, 9.17) is 4.74 Å². The molecule has 12 heteroatoms. The molecule has 0 saturated heterocycles. The number of nitrogens with zero attached hydrogens (tertiary/aromatic N) is 3. The molecule has 0 fully saturated rings. The molecule has 1 N–H and O–H groups in total. The van der Waals surface area contributed by atoms with E-state index in [0.29, 0.717) is 18.1 Å². The number of pyridine rings is 1. The Kier molecular flexibility index (Phi) is 6.39. The van der Waals surface area contributed by atoms with Gasteiger partial charge in [-0.1, -0.05) is 30.3 Å². The summed E-state index contributed by atoms with van der Waals surface area (Å²) < 4.78 is 69.0. The number of sulfone groups is 1. The lowest BCUT2D eigenvalue weighted by Crippen LogP contribution is -2.24. The van der Waals surface area contributed by atoms with E-state index >= 15 is 0 Å². The Hall–Kier alpha value is -4.06. The van der Waals surface area contributed by atoms with Crippen LogP contribution in [0.2, 0.25) is 0 Å². The minimum atomic E-state index is -5.53. The molecule has 2 aromatic carbocycles. The van der Waals surface area contributed by atoms with Gasteiger partial charge in [0.1, 0.15) is 6.61 Å². The molecule has 0 bridgehead atoms. The van der Waals surface area contributed by atoms with Crippen LogP contribution in [0, 0.1) is 0 Å². The van der Waals surface area contributed by atoms with Gasteiger partial charge in [-0.15, -0.1) is 0 Å². The van der Waals surface area contributed by atoms with Crippen LogP contribution in [0.5, 0.6) is 11.8 Å². The van der Waals surface area contributed by atoms with Crippen molar-refractivity contribution in [3.8, 4) is 17.4 Å². The van der Waals surface area contributed by atoms with E-state index in [9.17, 15) is 31.5 Å². The molecule has 0 amide bonds. The monoisotopic (exact) mass is 505 g/mol. The van der Waals surface area contributed by atoms with E-state index in [2.05, 4.69) is 4.98 Å². The van der Waals surface area contributed by atoms with Crippen molar-refractivity contribution in [1.82, 2.24) is 14.1 Å². The summed E-state index contributed by atoms with van der Waals surface area (Å²) >= 11 is 0.